The van der Waals surface area contributed by atoms with Gasteiger partial charge >= 0.3 is 43.2 Å². The van der Waals surface area contributed by atoms with Gasteiger partial charge in [-0.05, 0) is 446 Å². The van der Waals surface area contributed by atoms with Gasteiger partial charge < -0.3 is 0 Å². The average molecular weight is 1810 g/mol. The fourth-order valence-electron chi connectivity index (χ4n) is 21.7. The maximum atomic E-state index is 14.5. The highest BCUT2D eigenvalue weighted by molar-refractivity contribution is 6.50. The van der Waals surface area contributed by atoms with Crippen LogP contribution in [0.25, 0.3) is 218 Å². The molecule has 0 radical (unpaired) electrons. The van der Waals surface area contributed by atoms with E-state index in [-0.39, 0.29) is 105 Å². The Labute approximate surface area is 743 Å². The maximum absolute atomic E-state index is 14.5. The molecule has 22 aromatic rings. The summed E-state index contributed by atoms with van der Waals surface area (Å²) in [5.74, 6) is 0. The summed E-state index contributed by atoms with van der Waals surface area (Å²) < 4.78 is 305. The topological polar surface area (TPSA) is 0 Å². The smallest absolute Gasteiger partial charge is 0.166 e. The lowest BCUT2D eigenvalue weighted by atomic mass is 9.75. The lowest BCUT2D eigenvalue weighted by Crippen LogP contribution is -2.11. The van der Waals surface area contributed by atoms with Crippen LogP contribution >= 0.6 is 0 Å². The van der Waals surface area contributed by atoms with Crippen molar-refractivity contribution in [2.45, 2.75) is 106 Å². The van der Waals surface area contributed by atoms with Gasteiger partial charge in [-0.25, -0.2) is 0 Å². The molecule has 0 nitrogen and oxygen atoms in total. The van der Waals surface area contributed by atoms with E-state index in [0.717, 1.165) is 42.5 Å². The monoisotopic (exact) mass is 1810 g/mol. The average Bonchev–Trinajstić information content (AvgIpc) is 0.672. The van der Waals surface area contributed by atoms with E-state index in [9.17, 15) is 92.2 Å². The summed E-state index contributed by atoms with van der Waals surface area (Å²) in [6, 6.07) is 60.8. The first-order valence-electron chi connectivity index (χ1n) is 42.4. The van der Waals surface area contributed by atoms with Crippen LogP contribution in [0.4, 0.5) is 92.2 Å². The third-order valence-electron chi connectivity index (χ3n) is 27.1. The highest BCUT2D eigenvalue weighted by Crippen LogP contribution is 2.61. The van der Waals surface area contributed by atoms with Gasteiger partial charge in [0.1, 0.15) is 0 Å². The van der Waals surface area contributed by atoms with E-state index in [1.807, 2.05) is 0 Å². The van der Waals surface area contributed by atoms with E-state index < -0.39 is 110 Å². The predicted octanol–water partition coefficient (Wildman–Crippen LogP) is 37.1. The van der Waals surface area contributed by atoms with E-state index in [1.165, 1.54) is 185 Å². The largest absolute Gasteiger partial charge is 0.416 e. The molecule has 0 bridgehead atoms. The van der Waals surface area contributed by atoms with Crippen molar-refractivity contribution in [2.75, 3.05) is 0 Å². The normalized spacial score (nSPS) is 13.2. The quantitative estimate of drug-likeness (QED) is 0.0808. The van der Waals surface area contributed by atoms with Crippen LogP contribution in [0.15, 0.2) is 243 Å². The molecule has 0 aliphatic heterocycles. The summed E-state index contributed by atoms with van der Waals surface area (Å²) in [5, 5.41) is 15.2. The molecule has 0 aliphatic carbocycles. The SMILES string of the molecule is Cc1cc(-c2cc3cc(-c4cc(C(F)(F)F)cc(C(F)(F)F)c4)c4ccc5c(-c6cc(C(F)(F)F)cc(C(F)(F)F)c6)cc6cc(-c7cc(C(F)(F)F)cc(C(F)(F)F)c7)c7ccc2c2c3c4c5c6c72)cc(C(F)(F)F)c1.Cc1cccc(C)c1-c1cc2cc(-c3c(C)cccc3C)c3ccc4c(-c5c(C)cccc5C)cc5cc(-c6c(C)cccc6C)c6ccc1c1c2c3c4c5c61. The molecule has 662 valence electrons. The van der Waals surface area contributed by atoms with Crippen LogP contribution in [0.1, 0.15) is 89.0 Å². The second-order valence-electron chi connectivity index (χ2n) is 35.5. The van der Waals surface area contributed by atoms with Crippen molar-refractivity contribution >= 4 is 129 Å². The van der Waals surface area contributed by atoms with E-state index >= 15 is 0 Å². The number of benzene rings is 22. The van der Waals surface area contributed by atoms with Gasteiger partial charge in [-0.2, -0.15) is 92.2 Å². The van der Waals surface area contributed by atoms with Gasteiger partial charge in [0.25, 0.3) is 0 Å². The number of alkyl halides is 21. The van der Waals surface area contributed by atoms with Crippen LogP contribution < -0.4 is 0 Å². The Kier molecular flexibility index (Phi) is 18.7. The van der Waals surface area contributed by atoms with Crippen molar-refractivity contribution in [2.24, 2.45) is 0 Å². The maximum Gasteiger partial charge on any atom is 0.416 e. The van der Waals surface area contributed by atoms with E-state index in [2.05, 4.69) is 177 Å². The summed E-state index contributed by atoms with van der Waals surface area (Å²) in [6.07, 6.45) is -37.5. The Morgan fingerprint density at radius 3 is 0.474 bits per heavy atom. The summed E-state index contributed by atoms with van der Waals surface area (Å²) in [4.78, 5) is 0. The molecule has 0 atom stereocenters. The third kappa shape index (κ3) is 13.4. The number of aryl methyl sites for hydroxylation is 9. The van der Waals surface area contributed by atoms with E-state index in [1.54, 1.807) is 0 Å². The molecule has 0 saturated heterocycles. The van der Waals surface area contributed by atoms with Crippen molar-refractivity contribution in [3.05, 3.63) is 332 Å². The molecule has 133 heavy (non-hydrogen) atoms. The minimum Gasteiger partial charge on any atom is -0.166 e. The summed E-state index contributed by atoms with van der Waals surface area (Å²) in [6.45, 7) is 19.5. The Morgan fingerprint density at radius 2 is 0.301 bits per heavy atom. The van der Waals surface area contributed by atoms with Gasteiger partial charge in [0, 0.05) is 0 Å². The number of hydrogen-bond donors (Lipinski definition) is 0. The Hall–Kier alpha value is -14.0. The number of rotatable bonds is 8. The van der Waals surface area contributed by atoms with Crippen molar-refractivity contribution < 1.29 is 92.2 Å². The van der Waals surface area contributed by atoms with Crippen LogP contribution in [0.5, 0.6) is 0 Å². The first kappa shape index (κ1) is 85.8. The predicted molar refractivity (Wildman–Crippen MR) is 491 cm³/mol. The second kappa shape index (κ2) is 29.0. The Bertz CT molecular complexity index is 8020. The van der Waals surface area contributed by atoms with Crippen LogP contribution in [-0.2, 0) is 43.2 Å². The van der Waals surface area contributed by atoms with Gasteiger partial charge in [0.05, 0.1) is 38.9 Å². The highest BCUT2D eigenvalue weighted by atomic mass is 19.4. The highest BCUT2D eigenvalue weighted by Gasteiger charge is 2.43. The molecule has 22 rings (SSSR count). The third-order valence-corrected chi connectivity index (χ3v) is 27.1. The minimum atomic E-state index is -5.44. The molecular formula is C112H67F21. The van der Waals surface area contributed by atoms with Crippen LogP contribution in [0.3, 0.4) is 0 Å². The van der Waals surface area contributed by atoms with Crippen molar-refractivity contribution in [1.29, 1.82) is 0 Å². The fraction of sp³-hybridized carbons (Fsp3) is 0.143. The molecular weight excluding hydrogens is 1740 g/mol. The molecule has 0 aliphatic rings. The second-order valence-corrected chi connectivity index (χ2v) is 35.5. The van der Waals surface area contributed by atoms with Gasteiger partial charge in [0.15, 0.2) is 0 Å². The molecule has 0 unspecified atom stereocenters. The van der Waals surface area contributed by atoms with Crippen molar-refractivity contribution in [3.8, 4) is 89.0 Å². The molecule has 0 aromatic heterocycles. The molecule has 0 N–H and O–H groups in total. The summed E-state index contributed by atoms with van der Waals surface area (Å²) in [7, 11) is 0. The molecule has 22 aromatic carbocycles. The Balaban J connectivity index is 0.000000168. The van der Waals surface area contributed by atoms with Crippen LogP contribution in [0, 0.1) is 62.3 Å². The van der Waals surface area contributed by atoms with Crippen LogP contribution in [-0.4, -0.2) is 0 Å². The lowest BCUT2D eigenvalue weighted by molar-refractivity contribution is -0.144. The molecule has 0 heterocycles. The van der Waals surface area contributed by atoms with Gasteiger partial charge in [-0.1, -0.05) is 127 Å². The summed E-state index contributed by atoms with van der Waals surface area (Å²) >= 11 is 0. The minimum absolute atomic E-state index is 0.00249. The zero-order valence-corrected chi connectivity index (χ0v) is 71.5. The van der Waals surface area contributed by atoms with Crippen molar-refractivity contribution in [3.63, 3.8) is 0 Å². The molecule has 0 amide bonds. The Morgan fingerprint density at radius 1 is 0.150 bits per heavy atom. The van der Waals surface area contributed by atoms with E-state index in [4.69, 9.17) is 0 Å². The van der Waals surface area contributed by atoms with E-state index in [0.29, 0.717) is 36.4 Å². The zero-order valence-electron chi connectivity index (χ0n) is 71.5. The van der Waals surface area contributed by atoms with Gasteiger partial charge in [0.2, 0.25) is 0 Å². The zero-order chi connectivity index (χ0) is 94.1. The van der Waals surface area contributed by atoms with Crippen LogP contribution in [0.2, 0.25) is 0 Å². The first-order chi connectivity index (χ1) is 62.6. The molecule has 21 heteroatoms. The fourth-order valence-corrected chi connectivity index (χ4v) is 21.7. The van der Waals surface area contributed by atoms with Crippen molar-refractivity contribution in [1.82, 2.24) is 0 Å². The standard InChI is InChI=1S/C56H23F21.C56H44/c1-22-6-23(8-29(7-22)50(57,58)59)40-15-27-16-41(24-9-30(51(60,61)62)19-31(10-24)52(63,64)65)38-4-5-39-43(26-13-34(55(72,73)74)21-35(14-26)56(75,76)77)18-28-17-42(25-11-32(53(66,67)68)20-33(12-25)54(69,70)71)37-3-2-36(40)46-44(27)48(38)49(39)45(28)47(37)46;1-29-13-9-14-30(2)47(29)43-25-37-26-44(48-31(3)15-10-16-32(48)4)41-23-24-42-46(50-35(7)19-12-20-36(50)8)28-38-27-45(49-33(5)17-11-18-34(49)6)40-22-21-39(43)53-51(37)55(41)56(42)52(38)54(40)53/h2-21H,1H3;9-28H,1-8H3. The number of hydrogen-bond acceptors (Lipinski definition) is 0. The van der Waals surface area contributed by atoms with Gasteiger partial charge in [-0.15, -0.1) is 0 Å². The molecule has 0 fully saturated rings. The molecule has 0 saturated carbocycles. The first-order valence-corrected chi connectivity index (χ1v) is 42.4. The van der Waals surface area contributed by atoms with Gasteiger partial charge in [-0.3, -0.25) is 0 Å². The molecule has 0 spiro atoms. The lowest BCUT2D eigenvalue weighted by Gasteiger charge is -2.27. The summed E-state index contributed by atoms with van der Waals surface area (Å²) in [5.41, 5.74) is 5.54. The number of halogens is 21.